The number of hydrogen-bond acceptors (Lipinski definition) is 4. The van der Waals surface area contributed by atoms with Gasteiger partial charge in [0.2, 0.25) is 5.95 Å². The van der Waals surface area contributed by atoms with Gasteiger partial charge in [-0.3, -0.25) is 0 Å². The number of thiocarbonyl (C=S) groups is 1. The molecule has 0 atom stereocenters. The lowest BCUT2D eigenvalue weighted by molar-refractivity contribution is 1.09. The Balaban J connectivity index is 2.35. The fourth-order valence-electron chi connectivity index (χ4n) is 1.43. The van der Waals surface area contributed by atoms with Crippen LogP contribution in [0.25, 0.3) is 0 Å². The Hall–Kier alpha value is -1.28. The normalized spacial score (nSPS) is 10.1. The number of nitrogens with zero attached hydrogens (tertiary/aromatic N) is 2. The Morgan fingerprint density at radius 3 is 2.72 bits per heavy atom. The van der Waals surface area contributed by atoms with E-state index in [0.717, 1.165) is 15.0 Å². The van der Waals surface area contributed by atoms with Crippen molar-refractivity contribution in [3.63, 3.8) is 0 Å². The smallest absolute Gasteiger partial charge is 0.228 e. The van der Waals surface area contributed by atoms with Crippen LogP contribution in [0.5, 0.6) is 0 Å². The largest absolute Gasteiger partial charge is 0.388 e. The van der Waals surface area contributed by atoms with Crippen molar-refractivity contribution in [1.29, 1.82) is 0 Å². The molecule has 0 saturated heterocycles. The number of nitrogens with one attached hydrogen (secondary N) is 1. The average Bonchev–Trinajstić information content (AvgIpc) is 2.31. The van der Waals surface area contributed by atoms with Gasteiger partial charge in [-0.15, -0.1) is 0 Å². The van der Waals surface area contributed by atoms with Gasteiger partial charge < -0.3 is 11.1 Å². The quantitative estimate of drug-likeness (QED) is 0.643. The number of aromatic nitrogens is 2. The highest BCUT2D eigenvalue weighted by molar-refractivity contribution is 14.1. The zero-order valence-corrected chi connectivity index (χ0v) is 12.6. The molecule has 0 radical (unpaired) electrons. The number of aryl methyl sites for hydroxylation is 1. The molecule has 2 rings (SSSR count). The Kier molecular flexibility index (Phi) is 4.07. The van der Waals surface area contributed by atoms with E-state index in [1.807, 2.05) is 31.2 Å². The highest BCUT2D eigenvalue weighted by atomic mass is 127. The molecule has 0 amide bonds. The minimum Gasteiger partial charge on any atom is -0.388 e. The molecule has 2 aromatic rings. The number of hydrogen-bond donors (Lipinski definition) is 2. The van der Waals surface area contributed by atoms with Crippen LogP contribution in [-0.4, -0.2) is 15.0 Å². The first-order valence-electron chi connectivity index (χ1n) is 5.23. The highest BCUT2D eigenvalue weighted by Crippen LogP contribution is 2.20. The van der Waals surface area contributed by atoms with Gasteiger partial charge in [-0.05, 0) is 47.7 Å². The van der Waals surface area contributed by atoms with Crippen LogP contribution in [0.3, 0.4) is 0 Å². The number of benzene rings is 1. The Morgan fingerprint density at radius 2 is 2.06 bits per heavy atom. The molecule has 0 aliphatic heterocycles. The van der Waals surface area contributed by atoms with Crippen LogP contribution in [0, 0.1) is 10.5 Å². The van der Waals surface area contributed by atoms with E-state index in [0.29, 0.717) is 11.6 Å². The Bertz CT molecular complexity index is 600. The molecule has 0 unspecified atom stereocenters. The van der Waals surface area contributed by atoms with Gasteiger partial charge in [0.1, 0.15) is 10.7 Å². The summed E-state index contributed by atoms with van der Waals surface area (Å²) in [6.45, 7) is 1.88. The second-order valence-electron chi connectivity index (χ2n) is 3.69. The molecular weight excluding hydrogens is 359 g/mol. The zero-order chi connectivity index (χ0) is 13.1. The molecule has 1 aromatic carbocycles. The Labute approximate surface area is 124 Å². The van der Waals surface area contributed by atoms with Gasteiger partial charge in [-0.2, -0.15) is 0 Å². The fraction of sp³-hybridized carbons (Fsp3) is 0.0833. The lowest BCUT2D eigenvalue weighted by atomic mass is 10.3. The van der Waals surface area contributed by atoms with Crippen molar-refractivity contribution in [3.8, 4) is 0 Å². The third-order valence-corrected chi connectivity index (χ3v) is 3.38. The van der Waals surface area contributed by atoms with Crippen molar-refractivity contribution in [1.82, 2.24) is 9.97 Å². The van der Waals surface area contributed by atoms with Crippen molar-refractivity contribution in [2.45, 2.75) is 6.92 Å². The molecule has 0 aliphatic rings. The zero-order valence-electron chi connectivity index (χ0n) is 9.64. The molecule has 6 heteroatoms. The maximum absolute atomic E-state index is 5.59. The van der Waals surface area contributed by atoms with Crippen molar-refractivity contribution in [2.75, 3.05) is 5.32 Å². The third kappa shape index (κ3) is 3.14. The van der Waals surface area contributed by atoms with E-state index >= 15 is 0 Å². The molecule has 0 aliphatic carbocycles. The SMILES string of the molecule is Cc1cc(C(N)=S)nc(Nc2ccccc2I)n1. The lowest BCUT2D eigenvalue weighted by Crippen LogP contribution is -2.14. The van der Waals surface area contributed by atoms with E-state index < -0.39 is 0 Å². The summed E-state index contributed by atoms with van der Waals surface area (Å²) in [4.78, 5) is 8.86. The summed E-state index contributed by atoms with van der Waals surface area (Å²) in [5, 5.41) is 3.16. The highest BCUT2D eigenvalue weighted by Gasteiger charge is 2.06. The predicted molar refractivity (Wildman–Crippen MR) is 85.1 cm³/mol. The summed E-state index contributed by atoms with van der Waals surface area (Å²) in [6.07, 6.45) is 0. The van der Waals surface area contributed by atoms with Gasteiger partial charge in [0.25, 0.3) is 0 Å². The summed E-state index contributed by atoms with van der Waals surface area (Å²) in [5.74, 6) is 0.502. The molecular formula is C12H11IN4S. The van der Waals surface area contributed by atoms with Crippen molar-refractivity contribution >= 4 is 51.4 Å². The van der Waals surface area contributed by atoms with E-state index in [4.69, 9.17) is 18.0 Å². The van der Waals surface area contributed by atoms with Crippen molar-refractivity contribution in [2.24, 2.45) is 5.73 Å². The molecule has 0 spiro atoms. The van der Waals surface area contributed by atoms with E-state index in [2.05, 4.69) is 37.9 Å². The molecule has 3 N–H and O–H groups in total. The second-order valence-corrected chi connectivity index (χ2v) is 5.29. The summed E-state index contributed by atoms with van der Waals surface area (Å²) >= 11 is 7.18. The van der Waals surface area contributed by atoms with Gasteiger partial charge >= 0.3 is 0 Å². The molecule has 0 fully saturated rings. The van der Waals surface area contributed by atoms with Crippen LogP contribution in [0.1, 0.15) is 11.4 Å². The molecule has 1 heterocycles. The van der Waals surface area contributed by atoms with Crippen LogP contribution in [0.4, 0.5) is 11.6 Å². The minimum absolute atomic E-state index is 0.270. The first-order chi connectivity index (χ1) is 8.56. The molecule has 18 heavy (non-hydrogen) atoms. The monoisotopic (exact) mass is 370 g/mol. The van der Waals surface area contributed by atoms with Gasteiger partial charge in [-0.25, -0.2) is 9.97 Å². The van der Waals surface area contributed by atoms with Gasteiger partial charge in [0.05, 0.1) is 5.69 Å². The van der Waals surface area contributed by atoms with Gasteiger partial charge in [0, 0.05) is 9.26 Å². The summed E-state index contributed by atoms with van der Waals surface area (Å²) < 4.78 is 1.09. The molecule has 92 valence electrons. The lowest BCUT2D eigenvalue weighted by Gasteiger charge is -2.08. The van der Waals surface area contributed by atoms with E-state index in [1.54, 1.807) is 6.07 Å². The minimum atomic E-state index is 0.270. The molecule has 0 bridgehead atoms. The average molecular weight is 370 g/mol. The van der Waals surface area contributed by atoms with E-state index in [-0.39, 0.29) is 4.99 Å². The molecule has 1 aromatic heterocycles. The fourth-order valence-corrected chi connectivity index (χ4v) is 2.06. The number of nitrogens with two attached hydrogens (primary N) is 1. The maximum Gasteiger partial charge on any atom is 0.228 e. The number of para-hydroxylation sites is 1. The van der Waals surface area contributed by atoms with Crippen molar-refractivity contribution in [3.05, 3.63) is 45.3 Å². The topological polar surface area (TPSA) is 63.8 Å². The van der Waals surface area contributed by atoms with Crippen LogP contribution >= 0.6 is 34.8 Å². The van der Waals surface area contributed by atoms with Gasteiger partial charge in [0.15, 0.2) is 0 Å². The summed E-state index contributed by atoms with van der Waals surface area (Å²) in [6, 6.07) is 9.67. The van der Waals surface area contributed by atoms with Crippen LogP contribution in [-0.2, 0) is 0 Å². The Morgan fingerprint density at radius 1 is 1.33 bits per heavy atom. The third-order valence-electron chi connectivity index (χ3n) is 2.23. The van der Waals surface area contributed by atoms with E-state index in [9.17, 15) is 0 Å². The standard InChI is InChI=1S/C12H11IN4S/c1-7-6-10(11(14)18)17-12(15-7)16-9-5-3-2-4-8(9)13/h2-6H,1H3,(H2,14,18)(H,15,16,17). The van der Waals surface area contributed by atoms with Crippen LogP contribution < -0.4 is 11.1 Å². The first kappa shape index (κ1) is 13.2. The number of rotatable bonds is 3. The second kappa shape index (κ2) is 5.57. The maximum atomic E-state index is 5.59. The summed E-state index contributed by atoms with van der Waals surface area (Å²) in [7, 11) is 0. The molecule has 0 saturated carbocycles. The number of halogens is 1. The first-order valence-corrected chi connectivity index (χ1v) is 6.72. The van der Waals surface area contributed by atoms with Crippen LogP contribution in [0.15, 0.2) is 30.3 Å². The predicted octanol–water partition coefficient (Wildman–Crippen LogP) is 2.77. The van der Waals surface area contributed by atoms with E-state index in [1.165, 1.54) is 0 Å². The number of anilines is 2. The summed E-state index contributed by atoms with van der Waals surface area (Å²) in [5.41, 5.74) is 7.94. The van der Waals surface area contributed by atoms with Crippen LogP contribution in [0.2, 0.25) is 0 Å². The van der Waals surface area contributed by atoms with Gasteiger partial charge in [-0.1, -0.05) is 24.4 Å². The molecule has 4 nitrogen and oxygen atoms in total. The van der Waals surface area contributed by atoms with Crippen molar-refractivity contribution < 1.29 is 0 Å².